The van der Waals surface area contributed by atoms with Gasteiger partial charge in [-0.05, 0) is 25.5 Å². The molecule has 0 spiro atoms. The molecular weight excluding hydrogens is 228 g/mol. The van der Waals surface area contributed by atoms with E-state index in [0.717, 1.165) is 5.69 Å². The van der Waals surface area contributed by atoms with Gasteiger partial charge in [0.2, 0.25) is 0 Å². The molecule has 0 aliphatic carbocycles. The maximum atomic E-state index is 10.6. The summed E-state index contributed by atoms with van der Waals surface area (Å²) >= 11 is 0. The van der Waals surface area contributed by atoms with Crippen LogP contribution in [-0.4, -0.2) is 23.7 Å². The van der Waals surface area contributed by atoms with E-state index in [9.17, 15) is 4.79 Å². The summed E-state index contributed by atoms with van der Waals surface area (Å²) in [6, 6.07) is 12.0. The molecule has 0 aliphatic rings. The topological polar surface area (TPSA) is 64.3 Å². The van der Waals surface area contributed by atoms with Gasteiger partial charge in [0.15, 0.2) is 0 Å². The summed E-state index contributed by atoms with van der Waals surface area (Å²) in [5.74, 6) is -0.782. The molecule has 0 aromatic heterocycles. The Bertz CT molecular complexity index is 412. The Morgan fingerprint density at radius 2 is 2.11 bits per heavy atom. The molecule has 4 heteroatoms. The molecule has 1 unspecified atom stereocenters. The second-order valence-corrected chi connectivity index (χ2v) is 4.22. The van der Waals surface area contributed by atoms with E-state index >= 15 is 0 Å². The zero-order valence-corrected chi connectivity index (χ0v) is 10.5. The number of nitriles is 1. The van der Waals surface area contributed by atoms with Gasteiger partial charge in [0.25, 0.3) is 0 Å². The molecule has 0 saturated heterocycles. The number of hydrogen-bond donors (Lipinski definition) is 1. The predicted octanol–water partition coefficient (Wildman–Crippen LogP) is 2.66. The van der Waals surface area contributed by atoms with Crippen molar-refractivity contribution < 1.29 is 9.90 Å². The van der Waals surface area contributed by atoms with E-state index in [1.54, 1.807) is 0 Å². The van der Waals surface area contributed by atoms with E-state index in [2.05, 4.69) is 11.0 Å². The largest absolute Gasteiger partial charge is 0.481 e. The summed E-state index contributed by atoms with van der Waals surface area (Å²) in [4.78, 5) is 12.7. The fourth-order valence-electron chi connectivity index (χ4n) is 1.88. The Balaban J connectivity index is 2.72. The summed E-state index contributed by atoms with van der Waals surface area (Å²) in [5, 5.41) is 17.4. The Labute approximate surface area is 107 Å². The zero-order valence-electron chi connectivity index (χ0n) is 10.5. The molecule has 1 aromatic rings. The lowest BCUT2D eigenvalue weighted by atomic mass is 10.1. The van der Waals surface area contributed by atoms with Crippen molar-refractivity contribution in [3.05, 3.63) is 30.3 Å². The van der Waals surface area contributed by atoms with Crippen LogP contribution in [0.2, 0.25) is 0 Å². The van der Waals surface area contributed by atoms with Crippen LogP contribution in [0.5, 0.6) is 0 Å². The van der Waals surface area contributed by atoms with Gasteiger partial charge in [-0.15, -0.1) is 0 Å². The van der Waals surface area contributed by atoms with E-state index in [1.807, 2.05) is 37.3 Å². The van der Waals surface area contributed by atoms with Crippen molar-refractivity contribution in [3.8, 4) is 6.07 Å². The molecule has 0 saturated carbocycles. The Hall–Kier alpha value is -2.02. The minimum absolute atomic E-state index is 0.108. The summed E-state index contributed by atoms with van der Waals surface area (Å²) in [6.07, 6.45) is 1.17. The monoisotopic (exact) mass is 246 g/mol. The van der Waals surface area contributed by atoms with Crippen LogP contribution in [0, 0.1) is 11.3 Å². The van der Waals surface area contributed by atoms with Gasteiger partial charge in [-0.25, -0.2) is 0 Å². The van der Waals surface area contributed by atoms with Crippen molar-refractivity contribution in [1.29, 1.82) is 5.26 Å². The molecule has 1 N–H and O–H groups in total. The summed E-state index contributed by atoms with van der Waals surface area (Å²) in [6.45, 7) is 2.62. The molecule has 0 heterocycles. The number of carboxylic acid groups (broad SMARTS) is 1. The van der Waals surface area contributed by atoms with E-state index in [4.69, 9.17) is 10.4 Å². The number of benzene rings is 1. The quantitative estimate of drug-likeness (QED) is 0.803. The van der Waals surface area contributed by atoms with Crippen molar-refractivity contribution >= 4 is 11.7 Å². The normalized spacial score (nSPS) is 11.6. The van der Waals surface area contributed by atoms with Crippen LogP contribution < -0.4 is 4.90 Å². The van der Waals surface area contributed by atoms with Gasteiger partial charge in [-0.1, -0.05) is 18.2 Å². The fourth-order valence-corrected chi connectivity index (χ4v) is 1.88. The fraction of sp³-hybridized carbons (Fsp3) is 0.429. The maximum Gasteiger partial charge on any atom is 0.303 e. The third-order valence-electron chi connectivity index (χ3n) is 2.86. The first-order valence-corrected chi connectivity index (χ1v) is 6.05. The molecule has 0 radical (unpaired) electrons. The highest BCUT2D eigenvalue weighted by atomic mass is 16.4. The molecule has 18 heavy (non-hydrogen) atoms. The van der Waals surface area contributed by atoms with E-state index in [0.29, 0.717) is 19.4 Å². The molecule has 1 aromatic carbocycles. The third kappa shape index (κ3) is 4.46. The van der Waals surface area contributed by atoms with Gasteiger partial charge in [-0.2, -0.15) is 5.26 Å². The van der Waals surface area contributed by atoms with Crippen LogP contribution in [0.1, 0.15) is 26.2 Å². The van der Waals surface area contributed by atoms with E-state index in [1.165, 1.54) is 0 Å². The second-order valence-electron chi connectivity index (χ2n) is 4.22. The minimum Gasteiger partial charge on any atom is -0.481 e. The highest BCUT2D eigenvalue weighted by Gasteiger charge is 2.15. The van der Waals surface area contributed by atoms with Crippen molar-refractivity contribution in [1.82, 2.24) is 0 Å². The van der Waals surface area contributed by atoms with Crippen LogP contribution in [0.25, 0.3) is 0 Å². The van der Waals surface area contributed by atoms with Crippen LogP contribution in [0.3, 0.4) is 0 Å². The molecule has 96 valence electrons. The first-order valence-electron chi connectivity index (χ1n) is 6.05. The van der Waals surface area contributed by atoms with Crippen LogP contribution in [0.4, 0.5) is 5.69 Å². The number of hydrogen-bond acceptors (Lipinski definition) is 3. The van der Waals surface area contributed by atoms with Gasteiger partial charge >= 0.3 is 5.97 Å². The Morgan fingerprint density at radius 1 is 1.44 bits per heavy atom. The van der Waals surface area contributed by atoms with Gasteiger partial charge in [-0.3, -0.25) is 4.79 Å². The highest BCUT2D eigenvalue weighted by Crippen LogP contribution is 2.19. The van der Waals surface area contributed by atoms with Gasteiger partial charge < -0.3 is 10.0 Å². The number of nitrogens with zero attached hydrogens (tertiary/aromatic N) is 2. The molecule has 0 fully saturated rings. The van der Waals surface area contributed by atoms with Crippen molar-refractivity contribution in [2.75, 3.05) is 11.4 Å². The highest BCUT2D eigenvalue weighted by molar-refractivity contribution is 5.66. The first kappa shape index (κ1) is 14.0. The standard InChI is InChI=1S/C14H18N2O2/c1-12(8-9-14(17)18)16(11-5-10-15)13-6-3-2-4-7-13/h2-4,6-7,12H,5,8-9,11H2,1H3,(H,17,18). The summed E-state index contributed by atoms with van der Waals surface area (Å²) in [7, 11) is 0. The smallest absolute Gasteiger partial charge is 0.303 e. The number of para-hydroxylation sites is 1. The number of carboxylic acids is 1. The van der Waals surface area contributed by atoms with Crippen LogP contribution >= 0.6 is 0 Å². The number of carbonyl (C=O) groups is 1. The SMILES string of the molecule is CC(CCC(=O)O)N(CCC#N)c1ccccc1. The van der Waals surface area contributed by atoms with Crippen molar-refractivity contribution in [3.63, 3.8) is 0 Å². The van der Waals surface area contributed by atoms with Crippen LogP contribution in [0.15, 0.2) is 30.3 Å². The molecule has 1 rings (SSSR count). The molecular formula is C14H18N2O2. The molecule has 4 nitrogen and oxygen atoms in total. The maximum absolute atomic E-state index is 10.6. The van der Waals surface area contributed by atoms with Gasteiger partial charge in [0.05, 0.1) is 12.5 Å². The van der Waals surface area contributed by atoms with Crippen molar-refractivity contribution in [2.45, 2.75) is 32.2 Å². The summed E-state index contributed by atoms with van der Waals surface area (Å²) < 4.78 is 0. The molecule has 0 bridgehead atoms. The lowest BCUT2D eigenvalue weighted by Gasteiger charge is -2.30. The predicted molar refractivity (Wildman–Crippen MR) is 70.3 cm³/mol. The Morgan fingerprint density at radius 3 is 2.67 bits per heavy atom. The summed E-state index contributed by atoms with van der Waals surface area (Å²) in [5.41, 5.74) is 1.03. The Kier molecular flexibility index (Phi) is 5.72. The number of rotatable bonds is 7. The third-order valence-corrected chi connectivity index (χ3v) is 2.86. The molecule has 0 amide bonds. The first-order chi connectivity index (χ1) is 8.65. The average molecular weight is 246 g/mol. The lowest BCUT2D eigenvalue weighted by molar-refractivity contribution is -0.137. The lowest BCUT2D eigenvalue weighted by Crippen LogP contribution is -2.34. The van der Waals surface area contributed by atoms with Gasteiger partial charge in [0, 0.05) is 24.7 Å². The zero-order chi connectivity index (χ0) is 13.4. The van der Waals surface area contributed by atoms with Crippen LogP contribution in [-0.2, 0) is 4.79 Å². The van der Waals surface area contributed by atoms with Gasteiger partial charge in [0.1, 0.15) is 0 Å². The number of anilines is 1. The average Bonchev–Trinajstić information content (AvgIpc) is 2.38. The second kappa shape index (κ2) is 7.33. The van der Waals surface area contributed by atoms with Crippen molar-refractivity contribution in [2.24, 2.45) is 0 Å². The molecule has 1 atom stereocenters. The molecule has 0 aliphatic heterocycles. The number of aliphatic carboxylic acids is 1. The van der Waals surface area contributed by atoms with E-state index in [-0.39, 0.29) is 12.5 Å². The van der Waals surface area contributed by atoms with E-state index < -0.39 is 5.97 Å². The minimum atomic E-state index is -0.782.